The number of aromatic nitrogens is 2. The summed E-state index contributed by atoms with van der Waals surface area (Å²) in [5.41, 5.74) is 2.60. The molecule has 0 bridgehead atoms. The Hall–Kier alpha value is -2.69. The predicted octanol–water partition coefficient (Wildman–Crippen LogP) is 4.46. The third-order valence-corrected chi connectivity index (χ3v) is 3.48. The molecule has 116 valence electrons. The Kier molecular flexibility index (Phi) is 4.10. The maximum atomic E-state index is 13.8. The molecule has 0 aliphatic heterocycles. The molecule has 0 saturated heterocycles. The van der Waals surface area contributed by atoms with Gasteiger partial charge in [0.15, 0.2) is 23.3 Å². The van der Waals surface area contributed by atoms with Gasteiger partial charge < -0.3 is 0 Å². The van der Waals surface area contributed by atoms with Gasteiger partial charge >= 0.3 is 0 Å². The largest absolute Gasteiger partial charge is 0.236 e. The number of nitrogens with zero attached hydrogens (tertiary/aromatic N) is 2. The first-order valence-electron chi connectivity index (χ1n) is 7.05. The molecule has 1 aromatic heterocycles. The van der Waals surface area contributed by atoms with E-state index in [1.165, 1.54) is 6.07 Å². The molecule has 23 heavy (non-hydrogen) atoms. The highest BCUT2D eigenvalue weighted by Gasteiger charge is 2.14. The van der Waals surface area contributed by atoms with Crippen LogP contribution >= 0.6 is 0 Å². The standard InChI is InChI=1S/C18H13F3N2/c1-11-9-22-18(23-10-11)14-4-2-3-12(8-14)7-13-5-6-15(19)17(21)16(13)20/h2-6,8-10H,7H2,1H3. The molecule has 2 nitrogen and oxygen atoms in total. The topological polar surface area (TPSA) is 25.8 Å². The molecule has 5 heteroatoms. The Balaban J connectivity index is 1.92. The van der Waals surface area contributed by atoms with E-state index in [9.17, 15) is 13.2 Å². The van der Waals surface area contributed by atoms with Crippen molar-refractivity contribution in [2.24, 2.45) is 0 Å². The van der Waals surface area contributed by atoms with Crippen molar-refractivity contribution in [2.45, 2.75) is 13.3 Å². The molecule has 0 N–H and O–H groups in total. The van der Waals surface area contributed by atoms with Gasteiger partial charge in [-0.2, -0.15) is 0 Å². The highest BCUT2D eigenvalue weighted by Crippen LogP contribution is 2.21. The van der Waals surface area contributed by atoms with Gasteiger partial charge in [-0.15, -0.1) is 0 Å². The van der Waals surface area contributed by atoms with Crippen LogP contribution in [-0.2, 0) is 6.42 Å². The first-order chi connectivity index (χ1) is 11.0. The van der Waals surface area contributed by atoms with Gasteiger partial charge in [-0.1, -0.05) is 24.3 Å². The highest BCUT2D eigenvalue weighted by molar-refractivity contribution is 5.56. The maximum absolute atomic E-state index is 13.8. The van der Waals surface area contributed by atoms with Crippen LogP contribution in [0.2, 0.25) is 0 Å². The molecule has 3 rings (SSSR count). The predicted molar refractivity (Wildman–Crippen MR) is 81.3 cm³/mol. The van der Waals surface area contributed by atoms with Crippen LogP contribution in [-0.4, -0.2) is 9.97 Å². The second-order valence-corrected chi connectivity index (χ2v) is 5.30. The summed E-state index contributed by atoms with van der Waals surface area (Å²) in [4.78, 5) is 8.49. The number of rotatable bonds is 3. The lowest BCUT2D eigenvalue weighted by atomic mass is 10.0. The van der Waals surface area contributed by atoms with Gasteiger partial charge in [0.05, 0.1) is 0 Å². The van der Waals surface area contributed by atoms with Crippen LogP contribution in [0.25, 0.3) is 11.4 Å². The van der Waals surface area contributed by atoms with E-state index in [4.69, 9.17) is 0 Å². The molecule has 0 saturated carbocycles. The van der Waals surface area contributed by atoms with E-state index < -0.39 is 17.5 Å². The fraction of sp³-hybridized carbons (Fsp3) is 0.111. The van der Waals surface area contributed by atoms with Crippen molar-refractivity contribution in [1.29, 1.82) is 0 Å². The lowest BCUT2D eigenvalue weighted by Crippen LogP contribution is -1.99. The normalized spacial score (nSPS) is 10.8. The summed E-state index contributed by atoms with van der Waals surface area (Å²) in [5, 5.41) is 0. The van der Waals surface area contributed by atoms with E-state index in [-0.39, 0.29) is 12.0 Å². The average molecular weight is 314 g/mol. The number of hydrogen-bond donors (Lipinski definition) is 0. The van der Waals surface area contributed by atoms with Gasteiger partial charge in [0.25, 0.3) is 0 Å². The quantitative estimate of drug-likeness (QED) is 0.667. The summed E-state index contributed by atoms with van der Waals surface area (Å²) in [7, 11) is 0. The Morgan fingerprint density at radius 1 is 0.913 bits per heavy atom. The molecule has 0 radical (unpaired) electrons. The van der Waals surface area contributed by atoms with E-state index in [1.54, 1.807) is 24.5 Å². The minimum absolute atomic E-state index is 0.103. The van der Waals surface area contributed by atoms with Crippen LogP contribution < -0.4 is 0 Å². The number of aryl methyl sites for hydroxylation is 1. The molecular formula is C18H13F3N2. The summed E-state index contributed by atoms with van der Waals surface area (Å²) in [5.74, 6) is -3.22. The Bertz CT molecular complexity index is 845. The molecule has 3 aromatic rings. The molecule has 0 aliphatic rings. The van der Waals surface area contributed by atoms with Gasteiger partial charge in [0, 0.05) is 24.4 Å². The molecule has 0 fully saturated rings. The maximum Gasteiger partial charge on any atom is 0.194 e. The lowest BCUT2D eigenvalue weighted by molar-refractivity contribution is 0.442. The zero-order valence-corrected chi connectivity index (χ0v) is 12.4. The van der Waals surface area contributed by atoms with Crippen molar-refractivity contribution in [1.82, 2.24) is 9.97 Å². The molecule has 1 heterocycles. The fourth-order valence-corrected chi connectivity index (χ4v) is 2.28. The Morgan fingerprint density at radius 3 is 2.39 bits per heavy atom. The van der Waals surface area contributed by atoms with E-state index in [1.807, 2.05) is 19.1 Å². The van der Waals surface area contributed by atoms with Crippen molar-refractivity contribution in [2.75, 3.05) is 0 Å². The highest BCUT2D eigenvalue weighted by atomic mass is 19.2. The molecule has 0 atom stereocenters. The molecule has 0 unspecified atom stereocenters. The summed E-state index contributed by atoms with van der Waals surface area (Å²) in [6.07, 6.45) is 3.58. The fourth-order valence-electron chi connectivity index (χ4n) is 2.28. The minimum Gasteiger partial charge on any atom is -0.236 e. The summed E-state index contributed by atoms with van der Waals surface area (Å²) < 4.78 is 40.1. The van der Waals surface area contributed by atoms with Gasteiger partial charge in [-0.3, -0.25) is 0 Å². The molecule has 0 aliphatic carbocycles. The second kappa shape index (κ2) is 6.20. The zero-order chi connectivity index (χ0) is 16.4. The van der Waals surface area contributed by atoms with Crippen LogP contribution in [0.15, 0.2) is 48.8 Å². The monoisotopic (exact) mass is 314 g/mol. The SMILES string of the molecule is Cc1cnc(-c2cccc(Cc3ccc(F)c(F)c3F)c2)nc1. The van der Waals surface area contributed by atoms with E-state index in [0.717, 1.165) is 22.8 Å². The Labute approximate surface area is 131 Å². The van der Waals surface area contributed by atoms with Gasteiger partial charge in [0.2, 0.25) is 0 Å². The molecule has 2 aromatic carbocycles. The van der Waals surface area contributed by atoms with Crippen LogP contribution in [0.3, 0.4) is 0 Å². The van der Waals surface area contributed by atoms with E-state index in [0.29, 0.717) is 5.82 Å². The minimum atomic E-state index is -1.44. The number of hydrogen-bond acceptors (Lipinski definition) is 2. The summed E-state index contributed by atoms with van der Waals surface area (Å²) in [6.45, 7) is 1.89. The van der Waals surface area contributed by atoms with Crippen molar-refractivity contribution in [3.63, 3.8) is 0 Å². The first-order valence-corrected chi connectivity index (χ1v) is 7.05. The number of benzene rings is 2. The van der Waals surface area contributed by atoms with E-state index >= 15 is 0 Å². The van der Waals surface area contributed by atoms with Crippen molar-refractivity contribution in [3.05, 3.63) is 82.9 Å². The average Bonchev–Trinajstić information content (AvgIpc) is 2.56. The molecular weight excluding hydrogens is 301 g/mol. The Morgan fingerprint density at radius 2 is 1.65 bits per heavy atom. The summed E-state index contributed by atoms with van der Waals surface area (Å²) >= 11 is 0. The van der Waals surface area contributed by atoms with Gasteiger partial charge in [0.1, 0.15) is 0 Å². The third kappa shape index (κ3) is 3.23. The zero-order valence-electron chi connectivity index (χ0n) is 12.4. The lowest BCUT2D eigenvalue weighted by Gasteiger charge is -2.07. The van der Waals surface area contributed by atoms with Crippen molar-refractivity contribution < 1.29 is 13.2 Å². The van der Waals surface area contributed by atoms with Crippen LogP contribution in [0.4, 0.5) is 13.2 Å². The van der Waals surface area contributed by atoms with Crippen molar-refractivity contribution in [3.8, 4) is 11.4 Å². The molecule has 0 amide bonds. The molecule has 0 spiro atoms. The van der Waals surface area contributed by atoms with Gasteiger partial charge in [-0.05, 0) is 35.7 Å². The smallest absolute Gasteiger partial charge is 0.194 e. The first kappa shape index (κ1) is 15.2. The summed E-state index contributed by atoms with van der Waals surface area (Å²) in [6, 6.07) is 9.43. The third-order valence-electron chi connectivity index (χ3n) is 3.48. The van der Waals surface area contributed by atoms with E-state index in [2.05, 4.69) is 9.97 Å². The number of halogens is 3. The van der Waals surface area contributed by atoms with Crippen LogP contribution in [0, 0.1) is 24.4 Å². The second-order valence-electron chi connectivity index (χ2n) is 5.30. The van der Waals surface area contributed by atoms with Crippen molar-refractivity contribution >= 4 is 0 Å². The van der Waals surface area contributed by atoms with Gasteiger partial charge in [-0.25, -0.2) is 23.1 Å². The van der Waals surface area contributed by atoms with Crippen LogP contribution in [0.1, 0.15) is 16.7 Å². The van der Waals surface area contributed by atoms with Crippen LogP contribution in [0.5, 0.6) is 0 Å².